The normalized spacial score (nSPS) is 14.6. The van der Waals surface area contributed by atoms with Crippen LogP contribution in [0.1, 0.15) is 12.6 Å². The second kappa shape index (κ2) is 5.75. The first-order valence-corrected chi connectivity index (χ1v) is 5.46. The van der Waals surface area contributed by atoms with Gasteiger partial charge in [-0.3, -0.25) is 4.98 Å². The minimum absolute atomic E-state index is 0.0924. The van der Waals surface area contributed by atoms with Crippen LogP contribution < -0.4 is 0 Å². The minimum Gasteiger partial charge on any atom is -0.479 e. The Kier molecular flexibility index (Phi) is 4.60. The summed E-state index contributed by atoms with van der Waals surface area (Å²) in [4.78, 5) is 16.7. The molecule has 0 bridgehead atoms. The van der Waals surface area contributed by atoms with E-state index >= 15 is 0 Å². The number of likely N-dealkylation sites (N-methyl/N-ethyl adjacent to an activating group) is 1. The predicted octanol–water partition coefficient (Wildman–Crippen LogP) is 0.391. The van der Waals surface area contributed by atoms with E-state index in [0.717, 1.165) is 12.1 Å². The lowest BCUT2D eigenvalue weighted by atomic mass is 10.1. The third-order valence-corrected chi connectivity index (χ3v) is 2.51. The highest BCUT2D eigenvalue weighted by atomic mass is 16.4. The Morgan fingerprint density at radius 2 is 2.24 bits per heavy atom. The van der Waals surface area contributed by atoms with Gasteiger partial charge < -0.3 is 15.1 Å². The topological polar surface area (TPSA) is 73.7 Å². The van der Waals surface area contributed by atoms with E-state index in [2.05, 4.69) is 4.98 Å². The standard InChI is InChI=1S/C12H18N2O3/c1-12(17,11(15)16)9-14(2)8-6-10-5-3-4-7-13-10/h3-5,7,17H,6,8-9H2,1-2H3,(H,15,16). The van der Waals surface area contributed by atoms with Gasteiger partial charge in [-0.25, -0.2) is 4.79 Å². The quantitative estimate of drug-likeness (QED) is 0.750. The molecule has 0 amide bonds. The van der Waals surface area contributed by atoms with E-state index in [1.54, 1.807) is 18.1 Å². The number of nitrogens with zero attached hydrogens (tertiary/aromatic N) is 2. The number of aromatic nitrogens is 1. The molecule has 1 unspecified atom stereocenters. The predicted molar refractivity (Wildman–Crippen MR) is 63.7 cm³/mol. The van der Waals surface area contributed by atoms with Gasteiger partial charge in [-0.05, 0) is 26.1 Å². The van der Waals surface area contributed by atoms with Crippen LogP contribution in [0.25, 0.3) is 0 Å². The van der Waals surface area contributed by atoms with E-state index in [9.17, 15) is 9.90 Å². The number of rotatable bonds is 6. The summed E-state index contributed by atoms with van der Waals surface area (Å²) >= 11 is 0. The van der Waals surface area contributed by atoms with Crippen molar-refractivity contribution in [2.45, 2.75) is 18.9 Å². The monoisotopic (exact) mass is 238 g/mol. The van der Waals surface area contributed by atoms with Gasteiger partial charge >= 0.3 is 5.97 Å². The number of aliphatic carboxylic acids is 1. The van der Waals surface area contributed by atoms with E-state index in [1.807, 2.05) is 18.2 Å². The van der Waals surface area contributed by atoms with Crippen LogP contribution in [0.5, 0.6) is 0 Å². The van der Waals surface area contributed by atoms with Gasteiger partial charge in [-0.2, -0.15) is 0 Å². The summed E-state index contributed by atoms with van der Waals surface area (Å²) in [5.41, 5.74) is -0.756. The third-order valence-electron chi connectivity index (χ3n) is 2.51. The van der Waals surface area contributed by atoms with E-state index in [0.29, 0.717) is 6.54 Å². The van der Waals surface area contributed by atoms with Crippen LogP contribution in [0.4, 0.5) is 0 Å². The zero-order valence-corrected chi connectivity index (χ0v) is 10.1. The Hall–Kier alpha value is -1.46. The van der Waals surface area contributed by atoms with Crippen molar-refractivity contribution in [1.82, 2.24) is 9.88 Å². The molecule has 17 heavy (non-hydrogen) atoms. The fourth-order valence-corrected chi connectivity index (χ4v) is 1.52. The summed E-state index contributed by atoms with van der Waals surface area (Å²) in [6.07, 6.45) is 2.45. The van der Waals surface area contributed by atoms with Crippen molar-refractivity contribution in [2.75, 3.05) is 20.1 Å². The molecule has 1 aromatic heterocycles. The largest absolute Gasteiger partial charge is 0.479 e. The molecular formula is C12H18N2O3. The van der Waals surface area contributed by atoms with Crippen LogP contribution >= 0.6 is 0 Å². The van der Waals surface area contributed by atoms with E-state index in [4.69, 9.17) is 5.11 Å². The molecule has 1 rings (SSSR count). The lowest BCUT2D eigenvalue weighted by Crippen LogP contribution is -2.45. The first kappa shape index (κ1) is 13.6. The fourth-order valence-electron chi connectivity index (χ4n) is 1.52. The van der Waals surface area contributed by atoms with Gasteiger partial charge in [-0.15, -0.1) is 0 Å². The summed E-state index contributed by atoms with van der Waals surface area (Å²) in [7, 11) is 1.78. The van der Waals surface area contributed by atoms with Crippen molar-refractivity contribution in [3.63, 3.8) is 0 Å². The number of pyridine rings is 1. The molecule has 2 N–H and O–H groups in total. The SMILES string of the molecule is CN(CCc1ccccn1)CC(C)(O)C(=O)O. The highest BCUT2D eigenvalue weighted by Crippen LogP contribution is 2.06. The van der Waals surface area contributed by atoms with Gasteiger partial charge in [0.2, 0.25) is 0 Å². The van der Waals surface area contributed by atoms with Crippen molar-refractivity contribution in [3.05, 3.63) is 30.1 Å². The zero-order chi connectivity index (χ0) is 12.9. The Morgan fingerprint density at radius 1 is 1.53 bits per heavy atom. The van der Waals surface area contributed by atoms with Crippen LogP contribution in [-0.4, -0.2) is 51.8 Å². The number of hydrogen-bond donors (Lipinski definition) is 2. The smallest absolute Gasteiger partial charge is 0.336 e. The molecule has 0 saturated heterocycles. The second-order valence-corrected chi connectivity index (χ2v) is 4.39. The molecule has 1 atom stereocenters. The van der Waals surface area contributed by atoms with E-state index < -0.39 is 11.6 Å². The molecule has 1 aromatic rings. The maximum atomic E-state index is 10.7. The number of carbonyl (C=O) groups is 1. The number of aliphatic hydroxyl groups is 1. The summed E-state index contributed by atoms with van der Waals surface area (Å²) in [6, 6.07) is 5.68. The summed E-state index contributed by atoms with van der Waals surface area (Å²) in [5.74, 6) is -1.21. The average Bonchev–Trinajstić information content (AvgIpc) is 2.27. The number of carboxylic acid groups (broad SMARTS) is 1. The molecule has 5 heteroatoms. The Bertz CT molecular complexity index is 365. The van der Waals surface area contributed by atoms with Crippen LogP contribution in [0.15, 0.2) is 24.4 Å². The van der Waals surface area contributed by atoms with Crippen molar-refractivity contribution in [3.8, 4) is 0 Å². The van der Waals surface area contributed by atoms with E-state index in [1.165, 1.54) is 6.92 Å². The maximum Gasteiger partial charge on any atom is 0.336 e. The highest BCUT2D eigenvalue weighted by molar-refractivity contribution is 5.76. The Labute approximate surface area is 101 Å². The first-order chi connectivity index (χ1) is 7.92. The Morgan fingerprint density at radius 3 is 2.76 bits per heavy atom. The molecule has 94 valence electrons. The number of hydrogen-bond acceptors (Lipinski definition) is 4. The van der Waals surface area contributed by atoms with Gasteiger partial charge in [0.25, 0.3) is 0 Å². The van der Waals surface area contributed by atoms with Crippen LogP contribution in [0, 0.1) is 0 Å². The van der Waals surface area contributed by atoms with Gasteiger partial charge in [-0.1, -0.05) is 6.07 Å². The molecule has 0 fully saturated rings. The van der Waals surface area contributed by atoms with Gasteiger partial charge in [0.05, 0.1) is 0 Å². The molecule has 0 spiro atoms. The summed E-state index contributed by atoms with van der Waals surface area (Å²) in [5, 5.41) is 18.4. The second-order valence-electron chi connectivity index (χ2n) is 4.39. The molecule has 1 heterocycles. The minimum atomic E-state index is -1.71. The number of carboxylic acids is 1. The van der Waals surface area contributed by atoms with Crippen molar-refractivity contribution < 1.29 is 15.0 Å². The molecule has 0 radical (unpaired) electrons. The van der Waals surface area contributed by atoms with Crippen molar-refractivity contribution in [2.24, 2.45) is 0 Å². The molecule has 5 nitrogen and oxygen atoms in total. The van der Waals surface area contributed by atoms with Crippen molar-refractivity contribution in [1.29, 1.82) is 0 Å². The molecular weight excluding hydrogens is 220 g/mol. The lowest BCUT2D eigenvalue weighted by molar-refractivity contribution is -0.158. The van der Waals surface area contributed by atoms with Crippen molar-refractivity contribution >= 4 is 5.97 Å². The molecule has 0 aliphatic carbocycles. The maximum absolute atomic E-state index is 10.7. The van der Waals surface area contributed by atoms with Gasteiger partial charge in [0.1, 0.15) is 0 Å². The van der Waals surface area contributed by atoms with E-state index in [-0.39, 0.29) is 6.54 Å². The zero-order valence-electron chi connectivity index (χ0n) is 10.1. The summed E-state index contributed by atoms with van der Waals surface area (Å²) < 4.78 is 0. The van der Waals surface area contributed by atoms with Crippen LogP contribution in [-0.2, 0) is 11.2 Å². The average molecular weight is 238 g/mol. The molecule has 0 aromatic carbocycles. The van der Waals surface area contributed by atoms with Crippen LogP contribution in [0.3, 0.4) is 0 Å². The first-order valence-electron chi connectivity index (χ1n) is 5.46. The fraction of sp³-hybridized carbons (Fsp3) is 0.500. The Balaban J connectivity index is 2.41. The molecule has 0 aliphatic rings. The molecule has 0 aliphatic heterocycles. The summed E-state index contributed by atoms with van der Waals surface area (Å²) in [6.45, 7) is 2.04. The van der Waals surface area contributed by atoms with Crippen LogP contribution in [0.2, 0.25) is 0 Å². The molecule has 0 saturated carbocycles. The van der Waals surface area contributed by atoms with Gasteiger partial charge in [0, 0.05) is 31.4 Å². The lowest BCUT2D eigenvalue weighted by Gasteiger charge is -2.25. The highest BCUT2D eigenvalue weighted by Gasteiger charge is 2.30. The van der Waals surface area contributed by atoms with Gasteiger partial charge in [0.15, 0.2) is 5.60 Å². The third kappa shape index (κ3) is 4.50.